The van der Waals surface area contributed by atoms with E-state index in [1.807, 2.05) is 0 Å². The van der Waals surface area contributed by atoms with E-state index in [4.69, 9.17) is 9.59 Å². The number of aromatic nitrogens is 2. The summed E-state index contributed by atoms with van der Waals surface area (Å²) in [4.78, 5) is 18.1. The maximum atomic E-state index is 14.3. The molecule has 3 aliphatic rings. The van der Waals surface area contributed by atoms with Crippen LogP contribution in [0.2, 0.25) is 0 Å². The largest absolute Gasteiger partial charge is 0.532 e. The third-order valence-corrected chi connectivity index (χ3v) is 4.11. The number of nitrogens with one attached hydrogen (secondary N) is 1. The second-order valence-electron chi connectivity index (χ2n) is 5.96. The van der Waals surface area contributed by atoms with Gasteiger partial charge in [0.05, 0.1) is 24.0 Å². The van der Waals surface area contributed by atoms with E-state index in [0.29, 0.717) is 17.2 Å². The second kappa shape index (κ2) is 7.97. The molecule has 1 atom stereocenters. The molecule has 1 aromatic rings. The van der Waals surface area contributed by atoms with E-state index in [1.54, 1.807) is 18.1 Å². The Balaban J connectivity index is 0.000000362. The molecule has 2 aliphatic heterocycles. The van der Waals surface area contributed by atoms with Crippen molar-refractivity contribution in [3.05, 3.63) is 41.8 Å². The fourth-order valence-electron chi connectivity index (χ4n) is 2.78. The molecule has 0 radical (unpaired) electrons. The topological polar surface area (TPSA) is 113 Å². The van der Waals surface area contributed by atoms with Gasteiger partial charge < -0.3 is 20.4 Å². The van der Waals surface area contributed by atoms with E-state index < -0.39 is 5.91 Å². The number of nitrogens with zero attached hydrogens (tertiary/aromatic N) is 3. The molecule has 0 aromatic carbocycles. The van der Waals surface area contributed by atoms with Crippen LogP contribution in [0.4, 0.5) is 4.39 Å². The third kappa shape index (κ3) is 4.11. The number of rotatable bonds is 3. The Labute approximate surface area is 163 Å². The van der Waals surface area contributed by atoms with Crippen LogP contribution >= 0.6 is 0 Å². The summed E-state index contributed by atoms with van der Waals surface area (Å²) in [5, 5.41) is 15.5. The summed E-state index contributed by atoms with van der Waals surface area (Å²) in [6, 6.07) is 0.282. The van der Waals surface area contributed by atoms with Crippen LogP contribution in [0.3, 0.4) is 0 Å². The minimum absolute atomic E-state index is 0. The zero-order valence-electron chi connectivity index (χ0n) is 13.8. The van der Waals surface area contributed by atoms with Crippen LogP contribution in [-0.4, -0.2) is 38.1 Å². The van der Waals surface area contributed by atoms with E-state index in [2.05, 4.69) is 22.3 Å². The SMILES string of the molecule is Cn1ncc(O)c1C1=CC2=CC(C3CC3)NN2C=C1F.NC(=O)[C-]=O.[W]. The van der Waals surface area contributed by atoms with Gasteiger partial charge in [0.1, 0.15) is 5.69 Å². The zero-order valence-corrected chi connectivity index (χ0v) is 16.8. The molecule has 4 N–H and O–H groups in total. The predicted octanol–water partition coefficient (Wildman–Crippen LogP) is 0.395. The van der Waals surface area contributed by atoms with Crippen molar-refractivity contribution in [1.82, 2.24) is 20.2 Å². The maximum absolute atomic E-state index is 14.3. The van der Waals surface area contributed by atoms with Crippen molar-refractivity contribution >= 4 is 17.8 Å². The molecule has 3 heterocycles. The van der Waals surface area contributed by atoms with Crippen molar-refractivity contribution < 1.29 is 40.2 Å². The number of aryl methyl sites for hydroxylation is 1. The van der Waals surface area contributed by atoms with Gasteiger partial charge in [-0.25, -0.2) is 9.82 Å². The van der Waals surface area contributed by atoms with Gasteiger partial charge in [0.2, 0.25) is 0 Å². The summed E-state index contributed by atoms with van der Waals surface area (Å²) in [7, 11) is 1.68. The van der Waals surface area contributed by atoms with E-state index in [-0.39, 0.29) is 38.7 Å². The molecule has 1 amide bonds. The number of hydrogen-bond donors (Lipinski definition) is 3. The quantitative estimate of drug-likeness (QED) is 0.386. The van der Waals surface area contributed by atoms with E-state index in [0.717, 1.165) is 12.0 Å². The molecule has 10 heteroatoms. The van der Waals surface area contributed by atoms with Crippen molar-refractivity contribution in [3.63, 3.8) is 0 Å². The average molecular weight is 530 g/mol. The molecule has 1 aliphatic carbocycles. The summed E-state index contributed by atoms with van der Waals surface area (Å²) < 4.78 is 15.8. The average Bonchev–Trinajstić information content (AvgIpc) is 3.27. The zero-order chi connectivity index (χ0) is 18.1. The molecular formula is C16H17FN5O3W-. The summed E-state index contributed by atoms with van der Waals surface area (Å²) in [6.45, 7) is 0. The Morgan fingerprint density at radius 3 is 2.65 bits per heavy atom. The van der Waals surface area contributed by atoms with Gasteiger partial charge >= 0.3 is 0 Å². The number of primary amides is 1. The van der Waals surface area contributed by atoms with Crippen LogP contribution in [0.25, 0.3) is 5.57 Å². The number of allylic oxidation sites excluding steroid dienone is 3. The molecule has 138 valence electrons. The Kier molecular flexibility index (Phi) is 6.15. The van der Waals surface area contributed by atoms with Crippen LogP contribution < -0.4 is 11.2 Å². The van der Waals surface area contributed by atoms with Crippen LogP contribution in [0.1, 0.15) is 18.5 Å². The van der Waals surface area contributed by atoms with Crippen molar-refractivity contribution in [1.29, 1.82) is 0 Å². The number of nitrogens with two attached hydrogens (primary N) is 1. The number of carbonyl (C=O) groups is 1. The van der Waals surface area contributed by atoms with Gasteiger partial charge in [-0.05, 0) is 30.9 Å². The van der Waals surface area contributed by atoms with Gasteiger partial charge in [0.25, 0.3) is 0 Å². The van der Waals surface area contributed by atoms with E-state index >= 15 is 0 Å². The number of amides is 1. The first-order valence-corrected chi connectivity index (χ1v) is 7.66. The standard InChI is InChI=1S/C14H15FN4O.C2H2NO2.W/c1-18-14(13(20)6-16-18)10-4-9-5-12(8-2-3-8)17-19(9)7-11(10)15;3-2(5)1-4;/h4-8,12,17,20H,2-3H2,1H3;(H2,3,5);/q;-1;. The van der Waals surface area contributed by atoms with Crippen molar-refractivity contribution in [2.24, 2.45) is 18.7 Å². The molecule has 1 saturated carbocycles. The summed E-state index contributed by atoms with van der Waals surface area (Å²) in [5.41, 5.74) is 9.18. The fourth-order valence-corrected chi connectivity index (χ4v) is 2.78. The first kappa shape index (κ1) is 20.1. The van der Waals surface area contributed by atoms with Crippen molar-refractivity contribution in [3.8, 4) is 5.75 Å². The Hall–Kier alpha value is -2.25. The van der Waals surface area contributed by atoms with E-state index in [9.17, 15) is 9.50 Å². The number of carbonyl (C=O) groups excluding carboxylic acids is 2. The molecule has 1 unspecified atom stereocenters. The first-order valence-electron chi connectivity index (χ1n) is 7.66. The molecular weight excluding hydrogens is 513 g/mol. The fraction of sp³-hybridized carbons (Fsp3) is 0.312. The number of fused-ring (bicyclic) bond motifs is 1. The monoisotopic (exact) mass is 530 g/mol. The normalized spacial score (nSPS) is 20.6. The Morgan fingerprint density at radius 2 is 2.15 bits per heavy atom. The Morgan fingerprint density at radius 1 is 1.50 bits per heavy atom. The number of aromatic hydroxyl groups is 1. The summed E-state index contributed by atoms with van der Waals surface area (Å²) in [5.74, 6) is -0.789. The summed E-state index contributed by atoms with van der Waals surface area (Å²) >= 11 is 0. The first-order chi connectivity index (χ1) is 11.9. The van der Waals surface area contributed by atoms with Crippen molar-refractivity contribution in [2.75, 3.05) is 0 Å². The Bertz CT molecular complexity index is 793. The second-order valence-corrected chi connectivity index (χ2v) is 5.96. The van der Waals surface area contributed by atoms with Gasteiger partial charge in [-0.2, -0.15) is 11.4 Å². The molecule has 0 bridgehead atoms. The van der Waals surface area contributed by atoms with Gasteiger partial charge in [-0.15, -0.1) is 0 Å². The third-order valence-electron chi connectivity index (χ3n) is 4.11. The number of hydrazine groups is 1. The van der Waals surface area contributed by atoms with Crippen LogP contribution in [0.5, 0.6) is 5.75 Å². The van der Waals surface area contributed by atoms with Crippen LogP contribution in [0, 0.1) is 5.92 Å². The molecule has 8 nitrogen and oxygen atoms in total. The molecule has 0 spiro atoms. The molecule has 26 heavy (non-hydrogen) atoms. The number of hydrogen-bond acceptors (Lipinski definition) is 6. The summed E-state index contributed by atoms with van der Waals surface area (Å²) in [6.07, 6.45) is 9.98. The minimum Gasteiger partial charge on any atom is -0.532 e. The van der Waals surface area contributed by atoms with Gasteiger partial charge in [0, 0.05) is 39.7 Å². The molecule has 0 saturated heterocycles. The van der Waals surface area contributed by atoms with Crippen molar-refractivity contribution in [2.45, 2.75) is 18.9 Å². The molecule has 1 fully saturated rings. The van der Waals surface area contributed by atoms with Gasteiger partial charge in [0.15, 0.2) is 11.6 Å². The van der Waals surface area contributed by atoms with Gasteiger partial charge in [-0.1, -0.05) is 0 Å². The van der Waals surface area contributed by atoms with Crippen LogP contribution in [-0.2, 0) is 37.7 Å². The maximum Gasteiger partial charge on any atom is 0.161 e. The van der Waals surface area contributed by atoms with E-state index in [1.165, 1.54) is 29.9 Å². The molecule has 4 rings (SSSR count). The number of halogens is 1. The smallest absolute Gasteiger partial charge is 0.161 e. The van der Waals surface area contributed by atoms with Crippen LogP contribution in [0.15, 0.2) is 36.1 Å². The minimum atomic E-state index is -1.05. The van der Waals surface area contributed by atoms with Gasteiger partial charge in [-0.3, -0.25) is 9.69 Å². The molecule has 1 aromatic heterocycles. The predicted molar refractivity (Wildman–Crippen MR) is 86.5 cm³/mol.